The SMILES string of the molecule is CC([Si])C(C)(C)OC(=O)N1CCC(c2ccc(F)cc2)C(OCc2cc(OCCOC(=O)Nc3ccccn3)c3ccccc3c2)C1. The first-order valence-corrected chi connectivity index (χ1v) is 16.2. The van der Waals surface area contributed by atoms with Gasteiger partial charge in [0, 0.05) is 34.3 Å². The van der Waals surface area contributed by atoms with Gasteiger partial charge < -0.3 is 23.8 Å². The van der Waals surface area contributed by atoms with Gasteiger partial charge in [0.25, 0.3) is 0 Å². The van der Waals surface area contributed by atoms with Gasteiger partial charge in [-0.3, -0.25) is 5.32 Å². The Labute approximate surface area is 277 Å². The molecule has 0 saturated carbocycles. The molecule has 1 aliphatic heterocycles. The molecule has 9 nitrogen and oxygen atoms in total. The summed E-state index contributed by atoms with van der Waals surface area (Å²) in [7, 11) is 3.59. The van der Waals surface area contributed by atoms with Gasteiger partial charge in [-0.1, -0.05) is 49.4 Å². The third-order valence-corrected chi connectivity index (χ3v) is 9.02. The van der Waals surface area contributed by atoms with Crippen molar-refractivity contribution in [2.45, 2.75) is 57.0 Å². The van der Waals surface area contributed by atoms with E-state index in [4.69, 9.17) is 18.9 Å². The molecule has 2 amide bonds. The van der Waals surface area contributed by atoms with E-state index in [1.54, 1.807) is 41.4 Å². The van der Waals surface area contributed by atoms with Crippen LogP contribution in [0.5, 0.6) is 5.75 Å². The quantitative estimate of drug-likeness (QED) is 0.134. The zero-order valence-electron chi connectivity index (χ0n) is 26.8. The Kier molecular flexibility index (Phi) is 11.1. The summed E-state index contributed by atoms with van der Waals surface area (Å²) in [5.41, 5.74) is 1.08. The highest BCUT2D eigenvalue weighted by Crippen LogP contribution is 2.34. The lowest BCUT2D eigenvalue weighted by atomic mass is 9.87. The summed E-state index contributed by atoms with van der Waals surface area (Å²) in [6, 6.07) is 23.4. The first-order valence-electron chi connectivity index (χ1n) is 15.6. The van der Waals surface area contributed by atoms with Crippen molar-refractivity contribution in [1.29, 1.82) is 0 Å². The average Bonchev–Trinajstić information content (AvgIpc) is 3.06. The molecule has 47 heavy (non-hydrogen) atoms. The topological polar surface area (TPSA) is 99.2 Å². The van der Waals surface area contributed by atoms with Crippen LogP contribution in [0.1, 0.15) is 44.2 Å². The third kappa shape index (κ3) is 9.08. The molecular weight excluding hydrogens is 617 g/mol. The number of anilines is 1. The lowest BCUT2D eigenvalue weighted by Gasteiger charge is -2.40. The molecule has 3 unspecified atom stereocenters. The number of benzene rings is 3. The molecule has 11 heteroatoms. The number of carbonyl (C=O) groups excluding carboxylic acids is 2. The van der Waals surface area contributed by atoms with Gasteiger partial charge in [-0.05, 0) is 78.7 Å². The van der Waals surface area contributed by atoms with E-state index in [1.807, 2.05) is 57.2 Å². The second kappa shape index (κ2) is 15.4. The molecular formula is C36H39FN3O6Si. The minimum atomic E-state index is -0.701. The van der Waals surface area contributed by atoms with Crippen LogP contribution in [0.4, 0.5) is 19.8 Å². The molecule has 4 aromatic rings. The van der Waals surface area contributed by atoms with E-state index in [0.29, 0.717) is 31.1 Å². The molecule has 3 aromatic carbocycles. The fourth-order valence-corrected chi connectivity index (χ4v) is 5.38. The molecule has 0 bridgehead atoms. The van der Waals surface area contributed by atoms with E-state index in [1.165, 1.54) is 12.1 Å². The van der Waals surface area contributed by atoms with Crippen molar-refractivity contribution < 1.29 is 32.9 Å². The number of nitrogens with one attached hydrogen (secondary N) is 1. The van der Waals surface area contributed by atoms with E-state index in [2.05, 4.69) is 20.5 Å². The van der Waals surface area contributed by atoms with Crippen molar-refractivity contribution in [3.8, 4) is 5.75 Å². The average molecular weight is 657 g/mol. The number of fused-ring (bicyclic) bond motifs is 1. The van der Waals surface area contributed by atoms with Gasteiger partial charge in [-0.2, -0.15) is 0 Å². The van der Waals surface area contributed by atoms with Crippen molar-refractivity contribution in [1.82, 2.24) is 9.88 Å². The summed E-state index contributed by atoms with van der Waals surface area (Å²) in [5, 5.41) is 4.45. The summed E-state index contributed by atoms with van der Waals surface area (Å²) < 4.78 is 37.5. The summed E-state index contributed by atoms with van der Waals surface area (Å²) in [6.45, 7) is 6.90. The van der Waals surface area contributed by atoms with Gasteiger partial charge in [-0.15, -0.1) is 0 Å². The molecule has 1 N–H and O–H groups in total. The minimum Gasteiger partial charge on any atom is -0.489 e. The van der Waals surface area contributed by atoms with Crippen LogP contribution in [0.2, 0.25) is 5.54 Å². The number of piperidine rings is 1. The third-order valence-electron chi connectivity index (χ3n) is 8.33. The van der Waals surface area contributed by atoms with Gasteiger partial charge >= 0.3 is 12.2 Å². The molecule has 0 spiro atoms. The summed E-state index contributed by atoms with van der Waals surface area (Å²) in [5.74, 6) is 0.674. The first kappa shape index (κ1) is 33.9. The van der Waals surface area contributed by atoms with Gasteiger partial charge in [0.2, 0.25) is 0 Å². The first-order chi connectivity index (χ1) is 22.6. The molecule has 1 saturated heterocycles. The van der Waals surface area contributed by atoms with Crippen LogP contribution in [0.25, 0.3) is 10.8 Å². The fraction of sp³-hybridized carbons (Fsp3) is 0.361. The molecule has 1 aromatic heterocycles. The Balaban J connectivity index is 1.27. The van der Waals surface area contributed by atoms with Crippen LogP contribution in [0, 0.1) is 5.82 Å². The van der Waals surface area contributed by atoms with Crippen LogP contribution in [-0.4, -0.2) is 70.3 Å². The van der Waals surface area contributed by atoms with Crippen LogP contribution >= 0.6 is 0 Å². The van der Waals surface area contributed by atoms with Crippen molar-refractivity contribution in [2.24, 2.45) is 0 Å². The molecule has 0 aliphatic carbocycles. The van der Waals surface area contributed by atoms with Gasteiger partial charge in [-0.25, -0.2) is 19.0 Å². The maximum absolute atomic E-state index is 13.8. The lowest BCUT2D eigenvalue weighted by Crippen LogP contribution is -2.49. The van der Waals surface area contributed by atoms with Crippen molar-refractivity contribution >= 4 is 39.0 Å². The zero-order chi connectivity index (χ0) is 33.4. The van der Waals surface area contributed by atoms with E-state index < -0.39 is 17.8 Å². The number of carbonyl (C=O) groups is 2. The summed E-state index contributed by atoms with van der Waals surface area (Å²) in [4.78, 5) is 31.1. The van der Waals surface area contributed by atoms with Crippen LogP contribution < -0.4 is 10.1 Å². The Morgan fingerprint density at radius 3 is 2.57 bits per heavy atom. The summed E-state index contributed by atoms with van der Waals surface area (Å²) >= 11 is 0. The number of hydrogen-bond donors (Lipinski definition) is 1. The molecule has 245 valence electrons. The Morgan fingerprint density at radius 2 is 1.83 bits per heavy atom. The maximum atomic E-state index is 13.8. The molecule has 1 fully saturated rings. The molecule has 2 heterocycles. The van der Waals surface area contributed by atoms with Crippen LogP contribution in [-0.2, 0) is 20.8 Å². The smallest absolute Gasteiger partial charge is 0.412 e. The largest absolute Gasteiger partial charge is 0.489 e. The second-order valence-electron chi connectivity index (χ2n) is 12.1. The lowest BCUT2D eigenvalue weighted by molar-refractivity contribution is -0.0393. The number of ether oxygens (including phenoxy) is 4. The van der Waals surface area contributed by atoms with E-state index in [0.717, 1.165) is 21.9 Å². The Hall–Kier alpha value is -4.48. The number of hydrogen-bond acceptors (Lipinski definition) is 7. The van der Waals surface area contributed by atoms with E-state index in [9.17, 15) is 14.0 Å². The number of amides is 2. The highest BCUT2D eigenvalue weighted by Gasteiger charge is 2.36. The predicted molar refractivity (Wildman–Crippen MR) is 178 cm³/mol. The van der Waals surface area contributed by atoms with E-state index in [-0.39, 0.29) is 43.2 Å². The minimum absolute atomic E-state index is 0.0334. The number of nitrogens with zero attached hydrogens (tertiary/aromatic N) is 2. The van der Waals surface area contributed by atoms with Crippen molar-refractivity contribution in [3.05, 3.63) is 102 Å². The Bertz CT molecular complexity index is 1650. The standard InChI is InChI=1S/C36H39FN3O6Si/c1-24(47)36(2,3)46-35(42)40-17-15-30(26-11-13-28(37)14-12-26)32(22-40)45-23-25-20-27-8-4-5-9-29(27)31(21-25)43-18-19-44-34(41)39-33-10-6-7-16-38-33/h4-14,16,20-21,24,30,32H,15,17-19,22-23H2,1-3H3,(H,38,39,41). The maximum Gasteiger partial charge on any atom is 0.412 e. The van der Waals surface area contributed by atoms with Gasteiger partial charge in [0.15, 0.2) is 0 Å². The monoisotopic (exact) mass is 656 g/mol. The van der Waals surface area contributed by atoms with Gasteiger partial charge in [0.1, 0.15) is 36.2 Å². The second-order valence-corrected chi connectivity index (χ2v) is 12.9. The normalized spacial score (nSPS) is 17.2. The van der Waals surface area contributed by atoms with Crippen LogP contribution in [0.3, 0.4) is 0 Å². The molecule has 5 rings (SSSR count). The number of pyridine rings is 1. The highest BCUT2D eigenvalue weighted by molar-refractivity contribution is 6.12. The zero-order valence-corrected chi connectivity index (χ0v) is 27.8. The van der Waals surface area contributed by atoms with Gasteiger partial charge in [0.05, 0.1) is 19.3 Å². The fourth-order valence-electron chi connectivity index (χ4n) is 5.32. The number of likely N-dealkylation sites (tertiary alicyclic amines) is 1. The predicted octanol–water partition coefficient (Wildman–Crippen LogP) is 7.27. The Morgan fingerprint density at radius 1 is 1.06 bits per heavy atom. The molecule has 3 atom stereocenters. The van der Waals surface area contributed by atoms with E-state index >= 15 is 0 Å². The summed E-state index contributed by atoms with van der Waals surface area (Å²) in [6.07, 6.45) is 0.825. The highest BCUT2D eigenvalue weighted by atomic mass is 28.1. The molecule has 1 aliphatic rings. The van der Waals surface area contributed by atoms with Crippen molar-refractivity contribution in [2.75, 3.05) is 31.6 Å². The number of aromatic nitrogens is 1. The van der Waals surface area contributed by atoms with Crippen molar-refractivity contribution in [3.63, 3.8) is 0 Å². The molecule has 3 radical (unpaired) electrons. The number of halogens is 1. The van der Waals surface area contributed by atoms with Crippen LogP contribution in [0.15, 0.2) is 85.1 Å². The number of rotatable bonds is 11.